The summed E-state index contributed by atoms with van der Waals surface area (Å²) in [5, 5.41) is 0. The molecule has 0 radical (unpaired) electrons. The van der Waals surface area contributed by atoms with Crippen molar-refractivity contribution in [1.82, 2.24) is 4.90 Å². The van der Waals surface area contributed by atoms with Crippen LogP contribution in [0.1, 0.15) is 47.0 Å². The molecule has 1 heterocycles. The van der Waals surface area contributed by atoms with Gasteiger partial charge in [0, 0.05) is 13.2 Å². The molecule has 0 N–H and O–H groups in total. The molecule has 2 unspecified atom stereocenters. The van der Waals surface area contributed by atoms with Crippen molar-refractivity contribution in [2.75, 3.05) is 7.11 Å². The Hall–Kier alpha value is -0.770. The maximum atomic E-state index is 12.0. The van der Waals surface area contributed by atoms with Gasteiger partial charge in [-0.25, -0.2) is 4.79 Å². The molecule has 0 saturated carbocycles. The first-order valence-corrected chi connectivity index (χ1v) is 5.89. The van der Waals surface area contributed by atoms with Crippen molar-refractivity contribution in [3.8, 4) is 0 Å². The standard InChI is InChI=1S/C12H23NO3/c1-9-7-6-8-10(15-5)13(9)11(14)16-12(2,3)4/h9-10H,6-8H2,1-5H3. The SMILES string of the molecule is COC1CCCC(C)N1C(=O)OC(C)(C)C. The van der Waals surface area contributed by atoms with Crippen LogP contribution in [-0.2, 0) is 9.47 Å². The highest BCUT2D eigenvalue weighted by Gasteiger charge is 2.34. The van der Waals surface area contributed by atoms with E-state index in [1.807, 2.05) is 27.7 Å². The molecule has 0 aliphatic carbocycles. The molecule has 2 atom stereocenters. The van der Waals surface area contributed by atoms with E-state index in [9.17, 15) is 4.79 Å². The lowest BCUT2D eigenvalue weighted by atomic mass is 10.0. The van der Waals surface area contributed by atoms with Crippen molar-refractivity contribution < 1.29 is 14.3 Å². The molecule has 0 spiro atoms. The summed E-state index contributed by atoms with van der Waals surface area (Å²) in [5.74, 6) is 0. The second-order valence-electron chi connectivity index (χ2n) is 5.36. The van der Waals surface area contributed by atoms with E-state index in [1.165, 1.54) is 0 Å². The first-order chi connectivity index (χ1) is 7.35. The number of hydrogen-bond donors (Lipinski definition) is 0. The van der Waals surface area contributed by atoms with E-state index in [0.717, 1.165) is 19.3 Å². The van der Waals surface area contributed by atoms with Gasteiger partial charge < -0.3 is 9.47 Å². The number of carbonyl (C=O) groups is 1. The van der Waals surface area contributed by atoms with Gasteiger partial charge in [-0.2, -0.15) is 0 Å². The maximum Gasteiger partial charge on any atom is 0.412 e. The Kier molecular flexibility index (Phi) is 4.19. The third-order valence-electron chi connectivity index (χ3n) is 2.73. The zero-order valence-electron chi connectivity index (χ0n) is 10.9. The van der Waals surface area contributed by atoms with E-state index in [4.69, 9.17) is 9.47 Å². The fourth-order valence-corrected chi connectivity index (χ4v) is 1.99. The Balaban J connectivity index is 2.70. The Bertz CT molecular complexity index is 247. The molecule has 4 nitrogen and oxygen atoms in total. The largest absolute Gasteiger partial charge is 0.444 e. The molecule has 4 heteroatoms. The zero-order chi connectivity index (χ0) is 12.3. The number of methoxy groups -OCH3 is 1. The van der Waals surface area contributed by atoms with Gasteiger partial charge in [0.1, 0.15) is 11.8 Å². The lowest BCUT2D eigenvalue weighted by molar-refractivity contribution is -0.0823. The summed E-state index contributed by atoms with van der Waals surface area (Å²) in [7, 11) is 1.64. The highest BCUT2D eigenvalue weighted by atomic mass is 16.6. The molecule has 0 bridgehead atoms. The molecule has 0 aromatic carbocycles. The van der Waals surface area contributed by atoms with Crippen molar-refractivity contribution in [3.05, 3.63) is 0 Å². The molecule has 1 saturated heterocycles. The molecular weight excluding hydrogens is 206 g/mol. The Labute approximate surface area is 97.9 Å². The normalized spacial score (nSPS) is 26.7. The highest BCUT2D eigenvalue weighted by molar-refractivity contribution is 5.68. The van der Waals surface area contributed by atoms with Crippen molar-refractivity contribution in [2.24, 2.45) is 0 Å². The third kappa shape index (κ3) is 3.37. The van der Waals surface area contributed by atoms with Crippen molar-refractivity contribution in [3.63, 3.8) is 0 Å². The summed E-state index contributed by atoms with van der Waals surface area (Å²) in [5.41, 5.74) is -0.452. The van der Waals surface area contributed by atoms with Crippen LogP contribution in [0, 0.1) is 0 Å². The van der Waals surface area contributed by atoms with E-state index in [2.05, 4.69) is 0 Å². The first kappa shape index (κ1) is 13.3. The maximum absolute atomic E-state index is 12.0. The molecule has 1 rings (SSSR count). The van der Waals surface area contributed by atoms with E-state index < -0.39 is 5.60 Å². The van der Waals surface area contributed by atoms with Gasteiger partial charge in [-0.05, 0) is 47.0 Å². The molecule has 0 aromatic rings. The smallest absolute Gasteiger partial charge is 0.412 e. The number of hydrogen-bond acceptors (Lipinski definition) is 3. The predicted octanol–water partition coefficient (Wildman–Crippen LogP) is 2.77. The number of amides is 1. The zero-order valence-corrected chi connectivity index (χ0v) is 10.9. The monoisotopic (exact) mass is 229 g/mol. The van der Waals surface area contributed by atoms with Gasteiger partial charge in [0.05, 0.1) is 0 Å². The lowest BCUT2D eigenvalue weighted by Crippen LogP contribution is -2.51. The number of piperidine rings is 1. The summed E-state index contributed by atoms with van der Waals surface area (Å²) in [4.78, 5) is 13.7. The van der Waals surface area contributed by atoms with E-state index in [1.54, 1.807) is 12.0 Å². The molecule has 1 amide bonds. The number of rotatable bonds is 1. The lowest BCUT2D eigenvalue weighted by Gasteiger charge is -2.40. The van der Waals surface area contributed by atoms with Crippen LogP contribution < -0.4 is 0 Å². The Morgan fingerprint density at radius 2 is 1.94 bits per heavy atom. The van der Waals surface area contributed by atoms with Crippen LogP contribution in [0.4, 0.5) is 4.79 Å². The van der Waals surface area contributed by atoms with Crippen molar-refractivity contribution in [1.29, 1.82) is 0 Å². The summed E-state index contributed by atoms with van der Waals surface area (Å²) < 4.78 is 10.7. The molecule has 1 aliphatic heterocycles. The fraction of sp³-hybridized carbons (Fsp3) is 0.917. The molecule has 1 aliphatic rings. The van der Waals surface area contributed by atoms with Gasteiger partial charge in [0.15, 0.2) is 0 Å². The van der Waals surface area contributed by atoms with E-state index in [-0.39, 0.29) is 18.4 Å². The summed E-state index contributed by atoms with van der Waals surface area (Å²) in [6, 6.07) is 0.188. The van der Waals surface area contributed by atoms with Crippen LogP contribution in [0.15, 0.2) is 0 Å². The van der Waals surface area contributed by atoms with Gasteiger partial charge in [0.25, 0.3) is 0 Å². The van der Waals surface area contributed by atoms with Gasteiger partial charge in [-0.15, -0.1) is 0 Å². The van der Waals surface area contributed by atoms with Gasteiger partial charge in [0.2, 0.25) is 0 Å². The van der Waals surface area contributed by atoms with Crippen molar-refractivity contribution >= 4 is 6.09 Å². The minimum absolute atomic E-state index is 0.140. The topological polar surface area (TPSA) is 38.8 Å². The van der Waals surface area contributed by atoms with Crippen LogP contribution in [0.5, 0.6) is 0 Å². The van der Waals surface area contributed by atoms with Crippen LogP contribution in [-0.4, -0.2) is 36.0 Å². The number of ether oxygens (including phenoxy) is 2. The van der Waals surface area contributed by atoms with Crippen molar-refractivity contribution in [2.45, 2.75) is 64.8 Å². The number of likely N-dealkylation sites (tertiary alicyclic amines) is 1. The second kappa shape index (κ2) is 5.04. The number of carbonyl (C=O) groups excluding carboxylic acids is 1. The van der Waals surface area contributed by atoms with Crippen LogP contribution in [0.25, 0.3) is 0 Å². The average Bonchev–Trinajstić information content (AvgIpc) is 2.14. The Morgan fingerprint density at radius 1 is 1.31 bits per heavy atom. The van der Waals surface area contributed by atoms with Gasteiger partial charge in [-0.1, -0.05) is 0 Å². The van der Waals surface area contributed by atoms with Gasteiger partial charge >= 0.3 is 6.09 Å². The van der Waals surface area contributed by atoms with Crippen LogP contribution in [0.2, 0.25) is 0 Å². The second-order valence-corrected chi connectivity index (χ2v) is 5.36. The summed E-state index contributed by atoms with van der Waals surface area (Å²) in [6.45, 7) is 7.67. The van der Waals surface area contributed by atoms with Crippen LogP contribution in [0.3, 0.4) is 0 Å². The first-order valence-electron chi connectivity index (χ1n) is 5.89. The quantitative estimate of drug-likeness (QED) is 0.694. The summed E-state index contributed by atoms with van der Waals surface area (Å²) >= 11 is 0. The van der Waals surface area contributed by atoms with E-state index >= 15 is 0 Å². The minimum atomic E-state index is -0.452. The molecule has 94 valence electrons. The van der Waals surface area contributed by atoms with E-state index in [0.29, 0.717) is 0 Å². The molecule has 1 fully saturated rings. The average molecular weight is 229 g/mol. The fourth-order valence-electron chi connectivity index (χ4n) is 1.99. The predicted molar refractivity (Wildman–Crippen MR) is 62.2 cm³/mol. The summed E-state index contributed by atoms with van der Waals surface area (Å²) in [6.07, 6.45) is 2.59. The molecule has 16 heavy (non-hydrogen) atoms. The Morgan fingerprint density at radius 3 is 2.44 bits per heavy atom. The number of nitrogens with zero attached hydrogens (tertiary/aromatic N) is 1. The van der Waals surface area contributed by atoms with Crippen LogP contribution >= 0.6 is 0 Å². The third-order valence-corrected chi connectivity index (χ3v) is 2.73. The molecular formula is C12H23NO3. The minimum Gasteiger partial charge on any atom is -0.444 e. The highest BCUT2D eigenvalue weighted by Crippen LogP contribution is 2.25. The van der Waals surface area contributed by atoms with Gasteiger partial charge in [-0.3, -0.25) is 4.90 Å². The molecule has 0 aromatic heterocycles.